The molecule has 2 aromatic rings. The first-order valence-electron chi connectivity index (χ1n) is 7.13. The van der Waals surface area contributed by atoms with E-state index < -0.39 is 34.2 Å². The van der Waals surface area contributed by atoms with E-state index in [1.165, 1.54) is 16.7 Å². The van der Waals surface area contributed by atoms with E-state index >= 15 is 0 Å². The van der Waals surface area contributed by atoms with Gasteiger partial charge in [-0.1, -0.05) is 35.9 Å². The molecule has 0 unspecified atom stereocenters. The van der Waals surface area contributed by atoms with Gasteiger partial charge in [0, 0.05) is 0 Å². The summed E-state index contributed by atoms with van der Waals surface area (Å²) >= 11 is -0.826. The molecule has 120 valence electrons. The van der Waals surface area contributed by atoms with E-state index in [1.54, 1.807) is 6.07 Å². The van der Waals surface area contributed by atoms with Crippen molar-refractivity contribution in [3.05, 3.63) is 64.2 Å². The van der Waals surface area contributed by atoms with Gasteiger partial charge in [-0.3, -0.25) is 0 Å². The summed E-state index contributed by atoms with van der Waals surface area (Å²) in [4.78, 5) is 0. The van der Waals surface area contributed by atoms with Gasteiger partial charge in [-0.05, 0) is 58.9 Å². The van der Waals surface area contributed by atoms with Crippen LogP contribution in [0.3, 0.4) is 0 Å². The van der Waals surface area contributed by atoms with Crippen LogP contribution < -0.4 is 0 Å². The average molecular weight is 432 g/mol. The van der Waals surface area contributed by atoms with E-state index in [1.807, 2.05) is 24.3 Å². The third-order valence-electron chi connectivity index (χ3n) is 3.73. The number of alkyl halides is 2. The molecule has 0 spiro atoms. The van der Waals surface area contributed by atoms with Crippen LogP contribution in [0.2, 0.25) is 0 Å². The number of fused-ring (bicyclic) bond motifs is 1. The Balaban J connectivity index is 0.000000595. The molecule has 3 rings (SSSR count). The maximum atomic E-state index is 12.9. The van der Waals surface area contributed by atoms with Crippen LogP contribution in [-0.2, 0) is 40.6 Å². The molecule has 0 aromatic heterocycles. The second-order valence-corrected chi connectivity index (χ2v) is 9.15. The molecule has 0 amide bonds. The van der Waals surface area contributed by atoms with Crippen LogP contribution in [0.25, 0.3) is 17.2 Å². The van der Waals surface area contributed by atoms with Crippen LogP contribution in [-0.4, -0.2) is 0 Å². The fourth-order valence-corrected chi connectivity index (χ4v) is 2.86. The van der Waals surface area contributed by atoms with Crippen molar-refractivity contribution < 1.29 is 29.6 Å². The zero-order valence-corrected chi connectivity index (χ0v) is 16.6. The van der Waals surface area contributed by atoms with E-state index in [0.717, 1.165) is 17.5 Å². The van der Waals surface area contributed by atoms with Gasteiger partial charge in [0.25, 0.3) is 0 Å². The van der Waals surface area contributed by atoms with Gasteiger partial charge in [0.1, 0.15) is 13.3 Å². The normalized spacial score (nSPS) is 12.1. The first kappa shape index (κ1) is 18.8. The Morgan fingerprint density at radius 2 is 1.65 bits per heavy atom. The third kappa shape index (κ3) is 4.75. The number of benzene rings is 2. The molecule has 0 heterocycles. The minimum atomic E-state index is -0.826. The second-order valence-electron chi connectivity index (χ2n) is 5.42. The average Bonchev–Trinajstić information content (AvgIpc) is 2.95. The van der Waals surface area contributed by atoms with Gasteiger partial charge < -0.3 is 0 Å². The van der Waals surface area contributed by atoms with Crippen molar-refractivity contribution in [2.24, 2.45) is 0 Å². The van der Waals surface area contributed by atoms with E-state index in [0.29, 0.717) is 11.1 Å². The molecule has 0 fully saturated rings. The molecular weight excluding hydrogens is 416 g/mol. The Labute approximate surface area is 154 Å². The minimum absolute atomic E-state index is 0.534. The SMILES string of the molecule is CC1=Cc2c(cccc2-c2cc(CF)cc(CF)c2)C1.[Cl][Zr][Cl]. The van der Waals surface area contributed by atoms with Crippen LogP contribution >= 0.6 is 17.0 Å². The topological polar surface area (TPSA) is 0 Å². The van der Waals surface area contributed by atoms with Crippen molar-refractivity contribution in [1.29, 1.82) is 0 Å². The van der Waals surface area contributed by atoms with Crippen LogP contribution in [0.4, 0.5) is 8.78 Å². The molecule has 5 heteroatoms. The summed E-state index contributed by atoms with van der Waals surface area (Å²) in [5.41, 5.74) is 6.82. The predicted octanol–water partition coefficient (Wildman–Crippen LogP) is 6.63. The van der Waals surface area contributed by atoms with Crippen molar-refractivity contribution in [3.8, 4) is 11.1 Å². The van der Waals surface area contributed by atoms with E-state index in [4.69, 9.17) is 17.0 Å². The molecule has 2 aromatic carbocycles. The van der Waals surface area contributed by atoms with Gasteiger partial charge in [0.2, 0.25) is 0 Å². The Hall–Kier alpha value is -0.497. The summed E-state index contributed by atoms with van der Waals surface area (Å²) in [7, 11) is 9.87. The number of hydrogen-bond acceptors (Lipinski definition) is 0. The molecule has 1 aliphatic carbocycles. The first-order valence-corrected chi connectivity index (χ1v) is 13.5. The van der Waals surface area contributed by atoms with Gasteiger partial charge in [-0.15, -0.1) is 0 Å². The quantitative estimate of drug-likeness (QED) is 0.511. The van der Waals surface area contributed by atoms with Gasteiger partial charge in [0.05, 0.1) is 0 Å². The zero-order valence-electron chi connectivity index (χ0n) is 12.7. The predicted molar refractivity (Wildman–Crippen MR) is 90.6 cm³/mol. The molecule has 1 aliphatic rings. The number of hydrogen-bond donors (Lipinski definition) is 0. The maximum absolute atomic E-state index is 12.9. The summed E-state index contributed by atoms with van der Waals surface area (Å²) in [6, 6.07) is 11.4. The summed E-state index contributed by atoms with van der Waals surface area (Å²) in [5.74, 6) is 0. The fraction of sp³-hybridized carbons (Fsp3) is 0.222. The van der Waals surface area contributed by atoms with Crippen LogP contribution in [0.15, 0.2) is 42.0 Å². The van der Waals surface area contributed by atoms with Gasteiger partial charge in [0.15, 0.2) is 0 Å². The molecule has 0 aliphatic heterocycles. The zero-order chi connectivity index (χ0) is 16.8. The summed E-state index contributed by atoms with van der Waals surface area (Å²) in [6.07, 6.45) is 3.13. The Kier molecular flexibility index (Phi) is 7.46. The van der Waals surface area contributed by atoms with E-state index in [9.17, 15) is 8.78 Å². The summed E-state index contributed by atoms with van der Waals surface area (Å²) < 4.78 is 25.9. The van der Waals surface area contributed by atoms with Gasteiger partial charge >= 0.3 is 37.9 Å². The Morgan fingerprint density at radius 1 is 1.04 bits per heavy atom. The molecule has 0 saturated heterocycles. The Bertz CT molecular complexity index is 692. The van der Waals surface area contributed by atoms with Crippen LogP contribution in [0.5, 0.6) is 0 Å². The van der Waals surface area contributed by atoms with Crippen molar-refractivity contribution in [1.82, 2.24) is 0 Å². The molecular formula is C18H16Cl2F2Zr. The number of allylic oxidation sites excluding steroid dienone is 1. The van der Waals surface area contributed by atoms with E-state index in [2.05, 4.69) is 19.1 Å². The number of halogens is 4. The van der Waals surface area contributed by atoms with E-state index in [-0.39, 0.29) is 0 Å². The first-order chi connectivity index (χ1) is 11.1. The monoisotopic (exact) mass is 430 g/mol. The molecule has 0 nitrogen and oxygen atoms in total. The van der Waals surface area contributed by atoms with Crippen LogP contribution in [0, 0.1) is 0 Å². The summed E-state index contributed by atoms with van der Waals surface area (Å²) in [5, 5.41) is 0. The molecule has 0 saturated carbocycles. The van der Waals surface area contributed by atoms with Crippen LogP contribution in [0.1, 0.15) is 29.2 Å². The number of rotatable bonds is 3. The standard InChI is InChI=1S/C18H16F2.2ClH.Zr/c1-12-5-15-3-2-4-17(18(15)6-12)16-8-13(10-19)7-14(9-16)11-20;;;/h2-4,6-9H,5,10-11H2,1H3;2*1H;/q;;;+2/p-2. The van der Waals surface area contributed by atoms with Gasteiger partial charge in [-0.25, -0.2) is 8.78 Å². The molecule has 0 bridgehead atoms. The molecule has 0 radical (unpaired) electrons. The molecule has 23 heavy (non-hydrogen) atoms. The second kappa shape index (κ2) is 9.11. The fourth-order valence-electron chi connectivity index (χ4n) is 2.86. The van der Waals surface area contributed by atoms with Gasteiger partial charge in [-0.2, -0.15) is 0 Å². The molecule has 0 N–H and O–H groups in total. The summed E-state index contributed by atoms with van der Waals surface area (Å²) in [6.45, 7) is 0.976. The van der Waals surface area contributed by atoms with Crippen molar-refractivity contribution in [2.75, 3.05) is 0 Å². The Morgan fingerprint density at radius 3 is 2.22 bits per heavy atom. The van der Waals surface area contributed by atoms with Crippen molar-refractivity contribution in [2.45, 2.75) is 26.7 Å². The van der Waals surface area contributed by atoms with Crippen molar-refractivity contribution >= 4 is 23.1 Å². The molecule has 0 atom stereocenters. The third-order valence-corrected chi connectivity index (χ3v) is 3.73. The van der Waals surface area contributed by atoms with Crippen molar-refractivity contribution in [3.63, 3.8) is 0 Å².